The number of aryl methyl sites for hydroxylation is 3. The summed E-state index contributed by atoms with van der Waals surface area (Å²) >= 11 is 0. The third-order valence-electron chi connectivity index (χ3n) is 3.55. The highest BCUT2D eigenvalue weighted by Gasteiger charge is 2.09. The van der Waals surface area contributed by atoms with E-state index in [0.29, 0.717) is 12.1 Å². The van der Waals surface area contributed by atoms with E-state index >= 15 is 0 Å². The van der Waals surface area contributed by atoms with Gasteiger partial charge < -0.3 is 11.1 Å². The molecule has 20 heavy (non-hydrogen) atoms. The van der Waals surface area contributed by atoms with Gasteiger partial charge in [-0.15, -0.1) is 0 Å². The van der Waals surface area contributed by atoms with E-state index in [-0.39, 0.29) is 5.91 Å². The van der Waals surface area contributed by atoms with Gasteiger partial charge in [-0.25, -0.2) is 0 Å². The lowest BCUT2D eigenvalue weighted by Gasteiger charge is -2.11. The molecule has 0 aliphatic carbocycles. The van der Waals surface area contributed by atoms with E-state index in [9.17, 15) is 4.79 Å². The monoisotopic (exact) mass is 268 g/mol. The average Bonchev–Trinajstić information content (AvgIpc) is 2.44. The normalized spacial score (nSPS) is 10.4. The fourth-order valence-electron chi connectivity index (χ4n) is 2.01. The number of benzene rings is 2. The molecule has 1 amide bonds. The molecule has 3 N–H and O–H groups in total. The summed E-state index contributed by atoms with van der Waals surface area (Å²) in [5, 5.41) is 2.95. The minimum absolute atomic E-state index is 0.0922. The predicted octanol–water partition coefficient (Wildman–Crippen LogP) is 3.32. The van der Waals surface area contributed by atoms with Gasteiger partial charge >= 0.3 is 0 Å². The van der Waals surface area contributed by atoms with Gasteiger partial charge in [0.05, 0.1) is 0 Å². The van der Waals surface area contributed by atoms with Crippen molar-refractivity contribution in [3.63, 3.8) is 0 Å². The van der Waals surface area contributed by atoms with Crippen LogP contribution >= 0.6 is 0 Å². The quantitative estimate of drug-likeness (QED) is 0.897. The Kier molecular flexibility index (Phi) is 4.20. The summed E-state index contributed by atoms with van der Waals surface area (Å²) in [6.45, 7) is 6.47. The highest BCUT2D eigenvalue weighted by Crippen LogP contribution is 2.18. The summed E-state index contributed by atoms with van der Waals surface area (Å²) in [4.78, 5) is 12.3. The first-order chi connectivity index (χ1) is 9.51. The van der Waals surface area contributed by atoms with Crippen molar-refractivity contribution >= 4 is 11.6 Å². The molecule has 3 nitrogen and oxygen atoms in total. The Morgan fingerprint density at radius 3 is 2.35 bits per heavy atom. The number of nitrogens with two attached hydrogens (primary N) is 1. The lowest BCUT2D eigenvalue weighted by Crippen LogP contribution is -2.13. The summed E-state index contributed by atoms with van der Waals surface area (Å²) in [6, 6.07) is 11.6. The predicted molar refractivity (Wildman–Crippen MR) is 82.9 cm³/mol. The molecule has 3 heteroatoms. The van der Waals surface area contributed by atoms with Gasteiger partial charge in [-0.3, -0.25) is 4.79 Å². The van der Waals surface area contributed by atoms with Crippen molar-refractivity contribution in [1.82, 2.24) is 0 Å². The average molecular weight is 268 g/mol. The molecule has 0 fully saturated rings. The van der Waals surface area contributed by atoms with E-state index in [0.717, 1.165) is 22.4 Å². The maximum Gasteiger partial charge on any atom is 0.255 e. The van der Waals surface area contributed by atoms with Crippen LogP contribution in [0, 0.1) is 20.8 Å². The molecule has 0 atom stereocenters. The van der Waals surface area contributed by atoms with Crippen molar-refractivity contribution in [2.45, 2.75) is 27.3 Å². The Hall–Kier alpha value is -2.13. The molecule has 0 radical (unpaired) electrons. The van der Waals surface area contributed by atoms with Crippen LogP contribution in [0.5, 0.6) is 0 Å². The van der Waals surface area contributed by atoms with Crippen LogP contribution in [0.15, 0.2) is 36.4 Å². The van der Waals surface area contributed by atoms with E-state index in [1.807, 2.05) is 57.2 Å². The number of carbonyl (C=O) groups excluding carboxylic acids is 1. The molecular formula is C17H20N2O. The molecular weight excluding hydrogens is 248 g/mol. The zero-order valence-electron chi connectivity index (χ0n) is 12.2. The first-order valence-electron chi connectivity index (χ1n) is 6.69. The summed E-state index contributed by atoms with van der Waals surface area (Å²) in [5.41, 5.74) is 11.5. The van der Waals surface area contributed by atoms with Crippen LogP contribution in [-0.2, 0) is 6.54 Å². The van der Waals surface area contributed by atoms with Gasteiger partial charge in [-0.05, 0) is 61.2 Å². The van der Waals surface area contributed by atoms with E-state index in [4.69, 9.17) is 5.73 Å². The molecule has 0 spiro atoms. The second kappa shape index (κ2) is 5.88. The number of anilines is 1. The Morgan fingerprint density at radius 2 is 1.70 bits per heavy atom. The molecule has 2 rings (SSSR count). The molecule has 0 heterocycles. The summed E-state index contributed by atoms with van der Waals surface area (Å²) < 4.78 is 0. The van der Waals surface area contributed by atoms with Gasteiger partial charge in [0, 0.05) is 17.8 Å². The SMILES string of the molecule is Cc1ccc(C(=O)Nc2cc(CN)ccc2C)cc1C. The van der Waals surface area contributed by atoms with E-state index in [1.165, 1.54) is 5.56 Å². The number of carbonyl (C=O) groups is 1. The molecule has 0 unspecified atom stereocenters. The molecule has 0 aromatic heterocycles. The van der Waals surface area contributed by atoms with Crippen molar-refractivity contribution in [1.29, 1.82) is 0 Å². The van der Waals surface area contributed by atoms with Gasteiger partial charge in [0.1, 0.15) is 0 Å². The molecule has 104 valence electrons. The van der Waals surface area contributed by atoms with E-state index in [2.05, 4.69) is 5.32 Å². The number of amides is 1. The Balaban J connectivity index is 2.25. The standard InChI is InChI=1S/C17H20N2O/c1-11-5-7-15(8-13(11)3)17(20)19-16-9-14(10-18)6-4-12(16)2/h4-9H,10,18H2,1-3H3,(H,19,20). The summed E-state index contributed by atoms with van der Waals surface area (Å²) in [7, 11) is 0. The minimum Gasteiger partial charge on any atom is -0.326 e. The molecule has 2 aromatic rings. The molecule has 0 bridgehead atoms. The molecule has 2 aromatic carbocycles. The maximum atomic E-state index is 12.3. The second-order valence-corrected chi connectivity index (χ2v) is 5.11. The number of nitrogens with one attached hydrogen (secondary N) is 1. The third kappa shape index (κ3) is 3.06. The zero-order chi connectivity index (χ0) is 14.7. The topological polar surface area (TPSA) is 55.1 Å². The molecule has 0 saturated heterocycles. The smallest absolute Gasteiger partial charge is 0.255 e. The molecule has 0 aliphatic heterocycles. The zero-order valence-corrected chi connectivity index (χ0v) is 12.2. The number of hydrogen-bond donors (Lipinski definition) is 2. The van der Waals surface area contributed by atoms with Gasteiger partial charge in [0.2, 0.25) is 0 Å². The lowest BCUT2D eigenvalue weighted by atomic mass is 10.1. The largest absolute Gasteiger partial charge is 0.326 e. The van der Waals surface area contributed by atoms with Gasteiger partial charge in [0.15, 0.2) is 0 Å². The van der Waals surface area contributed by atoms with Crippen LogP contribution in [-0.4, -0.2) is 5.91 Å². The van der Waals surface area contributed by atoms with Crippen molar-refractivity contribution in [3.8, 4) is 0 Å². The Bertz CT molecular complexity index is 647. The lowest BCUT2D eigenvalue weighted by molar-refractivity contribution is 0.102. The van der Waals surface area contributed by atoms with Crippen molar-refractivity contribution in [2.24, 2.45) is 5.73 Å². The maximum absolute atomic E-state index is 12.3. The van der Waals surface area contributed by atoms with Crippen LogP contribution in [0.2, 0.25) is 0 Å². The fraction of sp³-hybridized carbons (Fsp3) is 0.235. The second-order valence-electron chi connectivity index (χ2n) is 5.11. The van der Waals surface area contributed by atoms with Crippen LogP contribution in [0.25, 0.3) is 0 Å². The van der Waals surface area contributed by atoms with Crippen molar-refractivity contribution in [2.75, 3.05) is 5.32 Å². The van der Waals surface area contributed by atoms with Crippen LogP contribution in [0.4, 0.5) is 5.69 Å². The highest BCUT2D eigenvalue weighted by molar-refractivity contribution is 6.04. The first-order valence-corrected chi connectivity index (χ1v) is 6.69. The van der Waals surface area contributed by atoms with E-state index in [1.54, 1.807) is 0 Å². The van der Waals surface area contributed by atoms with Crippen LogP contribution in [0.3, 0.4) is 0 Å². The van der Waals surface area contributed by atoms with Gasteiger partial charge in [-0.1, -0.05) is 18.2 Å². The number of hydrogen-bond acceptors (Lipinski definition) is 2. The Morgan fingerprint density at radius 1 is 1.00 bits per heavy atom. The fourth-order valence-corrected chi connectivity index (χ4v) is 2.01. The summed E-state index contributed by atoms with van der Waals surface area (Å²) in [6.07, 6.45) is 0. The minimum atomic E-state index is -0.0922. The first kappa shape index (κ1) is 14.3. The number of rotatable bonds is 3. The van der Waals surface area contributed by atoms with Crippen LogP contribution < -0.4 is 11.1 Å². The molecule has 0 aliphatic rings. The Labute approximate surface area is 119 Å². The van der Waals surface area contributed by atoms with Crippen LogP contribution in [0.1, 0.15) is 32.6 Å². The van der Waals surface area contributed by atoms with Crippen molar-refractivity contribution < 1.29 is 4.79 Å². The van der Waals surface area contributed by atoms with E-state index < -0.39 is 0 Å². The van der Waals surface area contributed by atoms with Crippen molar-refractivity contribution in [3.05, 3.63) is 64.2 Å². The summed E-state index contributed by atoms with van der Waals surface area (Å²) in [5.74, 6) is -0.0922. The van der Waals surface area contributed by atoms with Gasteiger partial charge in [-0.2, -0.15) is 0 Å². The molecule has 0 saturated carbocycles. The van der Waals surface area contributed by atoms with Gasteiger partial charge in [0.25, 0.3) is 5.91 Å². The third-order valence-corrected chi connectivity index (χ3v) is 3.55. The highest BCUT2D eigenvalue weighted by atomic mass is 16.1.